The van der Waals surface area contributed by atoms with Crippen LogP contribution in [0.5, 0.6) is 5.75 Å². The van der Waals surface area contributed by atoms with Crippen LogP contribution < -0.4 is 15.6 Å². The maximum absolute atomic E-state index is 10.4. The Hall–Kier alpha value is -4.76. The smallest absolute Gasteiger partial charge is 0.250 e. The fraction of sp³-hybridized carbons (Fsp3) is 0.143. The summed E-state index contributed by atoms with van der Waals surface area (Å²) in [7, 11) is 0. The number of fused-ring (bicyclic) bond motifs is 2. The van der Waals surface area contributed by atoms with E-state index in [2.05, 4.69) is 60.0 Å². The Morgan fingerprint density at radius 1 is 0.811 bits per heavy atom. The molecule has 9 nitrogen and oxygen atoms in total. The molecule has 1 aliphatic rings. The van der Waals surface area contributed by atoms with Gasteiger partial charge in [0, 0.05) is 24.3 Å². The molecule has 0 radical (unpaired) electrons. The van der Waals surface area contributed by atoms with E-state index >= 15 is 0 Å². The third-order valence-corrected chi connectivity index (χ3v) is 6.23. The molecule has 0 atom stereocenters. The highest BCUT2D eigenvalue weighted by Crippen LogP contribution is 2.26. The zero-order valence-corrected chi connectivity index (χ0v) is 20.0. The van der Waals surface area contributed by atoms with Crippen molar-refractivity contribution >= 4 is 51.3 Å². The number of phenols is 1. The number of anilines is 4. The number of rotatable bonds is 6. The first kappa shape index (κ1) is 22.7. The van der Waals surface area contributed by atoms with E-state index in [1.165, 1.54) is 0 Å². The number of nitrogens with one attached hydrogen (secondary N) is 2. The molecule has 0 amide bonds. The van der Waals surface area contributed by atoms with Crippen LogP contribution in [-0.2, 0) is 4.74 Å². The summed E-state index contributed by atoms with van der Waals surface area (Å²) in [6.45, 7) is 2.60. The van der Waals surface area contributed by atoms with E-state index in [1.54, 1.807) is 12.3 Å². The Kier molecular flexibility index (Phi) is 6.18. The lowest BCUT2D eigenvalue weighted by Gasteiger charge is -2.27. The Balaban J connectivity index is 1.30. The largest absolute Gasteiger partial charge is 0.507 e. The Morgan fingerprint density at radius 2 is 1.54 bits per heavy atom. The molecule has 37 heavy (non-hydrogen) atoms. The summed E-state index contributed by atoms with van der Waals surface area (Å²) in [5.41, 5.74) is 4.40. The van der Waals surface area contributed by atoms with Crippen LogP contribution in [0.3, 0.4) is 0 Å². The number of aromatic nitrogens is 3. The number of benzene rings is 4. The molecule has 184 valence electrons. The number of hydrogen-bond donors (Lipinski definition) is 3. The lowest BCUT2D eigenvalue weighted by atomic mass is 10.0. The molecule has 9 heteroatoms. The number of ether oxygens (including phenoxy) is 1. The Labute approximate surface area is 213 Å². The van der Waals surface area contributed by atoms with E-state index in [0.29, 0.717) is 43.8 Å². The van der Waals surface area contributed by atoms with Crippen molar-refractivity contribution in [2.45, 2.75) is 0 Å². The highest BCUT2D eigenvalue weighted by molar-refractivity contribution is 6.02. The summed E-state index contributed by atoms with van der Waals surface area (Å²) in [6, 6.07) is 25.6. The first-order valence-corrected chi connectivity index (χ1v) is 12.1. The highest BCUT2D eigenvalue weighted by Gasteiger charge is 2.17. The summed E-state index contributed by atoms with van der Waals surface area (Å²) in [4.78, 5) is 15.8. The van der Waals surface area contributed by atoms with Gasteiger partial charge in [-0.3, -0.25) is 0 Å². The van der Waals surface area contributed by atoms with Gasteiger partial charge >= 0.3 is 0 Å². The van der Waals surface area contributed by atoms with Gasteiger partial charge in [0.2, 0.25) is 17.8 Å². The first-order valence-electron chi connectivity index (χ1n) is 12.1. The lowest BCUT2D eigenvalue weighted by molar-refractivity contribution is 0.122. The fourth-order valence-electron chi connectivity index (χ4n) is 4.35. The Bertz CT molecular complexity index is 1600. The maximum Gasteiger partial charge on any atom is 0.250 e. The SMILES string of the molecule is Oc1ccc2ccccc2c1/C=N/Nc1nc(Nc2ccc3ccccc3c2)nc(N2CCOCC2)n1. The average molecular weight is 492 g/mol. The van der Waals surface area contributed by atoms with Gasteiger partial charge in [-0.15, -0.1) is 0 Å². The summed E-state index contributed by atoms with van der Waals surface area (Å²) in [5.74, 6) is 1.37. The van der Waals surface area contributed by atoms with Gasteiger partial charge in [-0.1, -0.05) is 60.7 Å². The number of nitrogens with zero attached hydrogens (tertiary/aromatic N) is 5. The van der Waals surface area contributed by atoms with Crippen molar-refractivity contribution in [2.24, 2.45) is 5.10 Å². The summed E-state index contributed by atoms with van der Waals surface area (Å²) in [6.07, 6.45) is 1.58. The standard InChI is InChI=1S/C28H25N7O2/c36-25-12-10-20-6-3-4-8-23(20)24(25)18-29-34-27-31-26(32-28(33-27)35-13-15-37-16-14-35)30-22-11-9-19-5-1-2-7-21(19)17-22/h1-12,17-18,36H,13-16H2,(H2,30,31,32,33,34)/b29-18+. The van der Waals surface area contributed by atoms with Crippen LogP contribution in [-0.4, -0.2) is 52.6 Å². The summed E-state index contributed by atoms with van der Waals surface area (Å²) in [5, 5.41) is 22.2. The highest BCUT2D eigenvalue weighted by atomic mass is 16.5. The van der Waals surface area contributed by atoms with Gasteiger partial charge in [-0.05, 0) is 39.7 Å². The molecule has 0 saturated carbocycles. The van der Waals surface area contributed by atoms with Gasteiger partial charge in [-0.2, -0.15) is 20.1 Å². The molecule has 0 spiro atoms. The van der Waals surface area contributed by atoms with E-state index in [0.717, 1.165) is 27.2 Å². The molecule has 6 rings (SSSR count). The van der Waals surface area contributed by atoms with Crippen LogP contribution in [0.1, 0.15) is 5.56 Å². The second kappa shape index (κ2) is 10.1. The monoisotopic (exact) mass is 491 g/mol. The Morgan fingerprint density at radius 3 is 2.41 bits per heavy atom. The predicted molar refractivity (Wildman–Crippen MR) is 147 cm³/mol. The van der Waals surface area contributed by atoms with Crippen LogP contribution in [0.25, 0.3) is 21.5 Å². The van der Waals surface area contributed by atoms with Gasteiger partial charge in [-0.25, -0.2) is 5.43 Å². The molecule has 4 aromatic carbocycles. The minimum atomic E-state index is 0.146. The van der Waals surface area contributed by atoms with Crippen LogP contribution in [0.15, 0.2) is 84.0 Å². The number of aromatic hydroxyl groups is 1. The van der Waals surface area contributed by atoms with E-state index in [1.807, 2.05) is 48.5 Å². The minimum absolute atomic E-state index is 0.146. The molecule has 1 aliphatic heterocycles. The van der Waals surface area contributed by atoms with Crippen molar-refractivity contribution in [3.05, 3.63) is 84.4 Å². The van der Waals surface area contributed by atoms with Gasteiger partial charge in [0.15, 0.2) is 0 Å². The minimum Gasteiger partial charge on any atom is -0.507 e. The van der Waals surface area contributed by atoms with Gasteiger partial charge in [0.25, 0.3) is 0 Å². The van der Waals surface area contributed by atoms with E-state index in [9.17, 15) is 5.11 Å². The fourth-order valence-corrected chi connectivity index (χ4v) is 4.35. The van der Waals surface area contributed by atoms with Crippen LogP contribution in [0.4, 0.5) is 23.5 Å². The van der Waals surface area contributed by atoms with E-state index in [-0.39, 0.29) is 11.7 Å². The second-order valence-corrected chi connectivity index (χ2v) is 8.66. The van der Waals surface area contributed by atoms with Crippen molar-refractivity contribution in [3.63, 3.8) is 0 Å². The molecule has 3 N–H and O–H groups in total. The van der Waals surface area contributed by atoms with E-state index in [4.69, 9.17) is 4.74 Å². The average Bonchev–Trinajstić information content (AvgIpc) is 2.94. The molecule has 0 unspecified atom stereocenters. The number of morpholine rings is 1. The molecule has 1 saturated heterocycles. The molecule has 2 heterocycles. The number of hydrogen-bond acceptors (Lipinski definition) is 9. The number of phenolic OH excluding ortho intramolecular Hbond substituents is 1. The van der Waals surface area contributed by atoms with Gasteiger partial charge in [0.1, 0.15) is 5.75 Å². The first-order chi connectivity index (χ1) is 18.2. The maximum atomic E-state index is 10.4. The molecular formula is C28H25N7O2. The van der Waals surface area contributed by atoms with Gasteiger partial charge in [0.05, 0.1) is 19.4 Å². The number of hydrazone groups is 1. The molecule has 1 aromatic heterocycles. The normalized spacial score (nSPS) is 13.9. The topological polar surface area (TPSA) is 108 Å². The van der Waals surface area contributed by atoms with Crippen LogP contribution >= 0.6 is 0 Å². The lowest BCUT2D eigenvalue weighted by Crippen LogP contribution is -2.37. The summed E-state index contributed by atoms with van der Waals surface area (Å²) >= 11 is 0. The van der Waals surface area contributed by atoms with Crippen LogP contribution in [0.2, 0.25) is 0 Å². The quantitative estimate of drug-likeness (QED) is 0.227. The molecular weight excluding hydrogens is 466 g/mol. The molecule has 5 aromatic rings. The van der Waals surface area contributed by atoms with Gasteiger partial charge < -0.3 is 20.1 Å². The third kappa shape index (κ3) is 4.98. The zero-order chi connectivity index (χ0) is 25.0. The van der Waals surface area contributed by atoms with Crippen molar-refractivity contribution in [2.75, 3.05) is 41.9 Å². The third-order valence-electron chi connectivity index (χ3n) is 6.23. The molecule has 0 aliphatic carbocycles. The molecule has 0 bridgehead atoms. The molecule has 1 fully saturated rings. The summed E-state index contributed by atoms with van der Waals surface area (Å²) < 4.78 is 5.49. The zero-order valence-electron chi connectivity index (χ0n) is 20.0. The van der Waals surface area contributed by atoms with E-state index < -0.39 is 0 Å². The van der Waals surface area contributed by atoms with Crippen molar-refractivity contribution < 1.29 is 9.84 Å². The van der Waals surface area contributed by atoms with Crippen molar-refractivity contribution in [1.82, 2.24) is 15.0 Å². The second-order valence-electron chi connectivity index (χ2n) is 8.66. The van der Waals surface area contributed by atoms with Crippen molar-refractivity contribution in [1.29, 1.82) is 0 Å². The predicted octanol–water partition coefficient (Wildman–Crippen LogP) is 4.91. The van der Waals surface area contributed by atoms with Crippen LogP contribution in [0, 0.1) is 0 Å². The van der Waals surface area contributed by atoms with Crippen molar-refractivity contribution in [3.8, 4) is 5.75 Å².